The highest BCUT2D eigenvalue weighted by Crippen LogP contribution is 2.65. The van der Waals surface area contributed by atoms with Crippen LogP contribution in [0.25, 0.3) is 0 Å². The second-order valence-corrected chi connectivity index (χ2v) is 12.1. The summed E-state index contributed by atoms with van der Waals surface area (Å²) in [5, 5.41) is 3.14. The highest BCUT2D eigenvalue weighted by Gasteiger charge is 2.61. The smallest absolute Gasteiger partial charge is 0.226 e. The van der Waals surface area contributed by atoms with Crippen molar-refractivity contribution in [3.05, 3.63) is 29.8 Å². The van der Waals surface area contributed by atoms with Crippen molar-refractivity contribution < 1.29 is 17.9 Å². The van der Waals surface area contributed by atoms with Gasteiger partial charge in [0.2, 0.25) is 5.91 Å². The molecule has 1 aliphatic heterocycles. The largest absolute Gasteiger partial charge is 0.497 e. The first-order valence-electron chi connectivity index (χ1n) is 10.5. The number of hydrogen-bond acceptors (Lipinski definition) is 4. The standard InChI is InChI=1S/C22H29NO4S/c1-27-19-4-2-17(3-5-19)21-9-15-8-16(10-21)12-22(11-15,14-21)20(24)23-18-6-7-28(25,26)13-18/h2-5,15-16,18H,6-14H2,1H3,(H,23,24)/t15-,16+,18-,21?,22?/m1/s1. The lowest BCUT2D eigenvalue weighted by Crippen LogP contribution is -2.60. The highest BCUT2D eigenvalue weighted by molar-refractivity contribution is 7.91. The Morgan fingerprint density at radius 1 is 1.11 bits per heavy atom. The van der Waals surface area contributed by atoms with Crippen molar-refractivity contribution >= 4 is 15.7 Å². The van der Waals surface area contributed by atoms with E-state index in [1.165, 1.54) is 24.8 Å². The molecule has 5 nitrogen and oxygen atoms in total. The summed E-state index contributed by atoms with van der Waals surface area (Å²) < 4.78 is 28.9. The third-order valence-electron chi connectivity index (χ3n) is 7.81. The number of ether oxygens (including phenoxy) is 1. The van der Waals surface area contributed by atoms with Crippen LogP contribution in [0.15, 0.2) is 24.3 Å². The van der Waals surface area contributed by atoms with Crippen LogP contribution in [0.2, 0.25) is 0 Å². The molecule has 5 fully saturated rings. The summed E-state index contributed by atoms with van der Waals surface area (Å²) in [6.07, 6.45) is 6.96. The molecule has 0 spiro atoms. The second-order valence-electron chi connectivity index (χ2n) is 9.82. The Kier molecular flexibility index (Phi) is 4.10. The van der Waals surface area contributed by atoms with E-state index in [4.69, 9.17) is 4.74 Å². The van der Waals surface area contributed by atoms with Crippen molar-refractivity contribution in [1.29, 1.82) is 0 Å². The van der Waals surface area contributed by atoms with E-state index in [1.807, 2.05) is 12.1 Å². The van der Waals surface area contributed by atoms with E-state index in [0.29, 0.717) is 18.3 Å². The van der Waals surface area contributed by atoms with Gasteiger partial charge in [-0.2, -0.15) is 0 Å². The maximum Gasteiger partial charge on any atom is 0.226 e. The Bertz CT molecular complexity index is 878. The quantitative estimate of drug-likeness (QED) is 0.839. The molecule has 1 aromatic rings. The van der Waals surface area contributed by atoms with Crippen molar-refractivity contribution in [2.75, 3.05) is 18.6 Å². The van der Waals surface area contributed by atoms with Crippen LogP contribution in [-0.2, 0) is 20.0 Å². The van der Waals surface area contributed by atoms with Crippen LogP contribution < -0.4 is 10.1 Å². The first-order chi connectivity index (χ1) is 13.3. The number of carbonyl (C=O) groups excluding carboxylic acids is 1. The molecule has 2 unspecified atom stereocenters. The third-order valence-corrected chi connectivity index (χ3v) is 9.58. The van der Waals surface area contributed by atoms with Gasteiger partial charge in [0.05, 0.1) is 24.0 Å². The molecule has 1 aromatic carbocycles. The van der Waals surface area contributed by atoms with Gasteiger partial charge < -0.3 is 10.1 Å². The topological polar surface area (TPSA) is 72.5 Å². The zero-order valence-electron chi connectivity index (χ0n) is 16.4. The molecule has 5 aliphatic rings. The molecule has 5 atom stereocenters. The molecular weight excluding hydrogens is 374 g/mol. The van der Waals surface area contributed by atoms with Gasteiger partial charge in [-0.3, -0.25) is 4.79 Å². The van der Waals surface area contributed by atoms with Crippen LogP contribution in [0.4, 0.5) is 0 Å². The Morgan fingerprint density at radius 2 is 1.79 bits per heavy atom. The van der Waals surface area contributed by atoms with Gasteiger partial charge in [0.15, 0.2) is 9.84 Å². The van der Waals surface area contributed by atoms with E-state index in [1.54, 1.807) is 7.11 Å². The normalized spacial score (nSPS) is 40.4. The van der Waals surface area contributed by atoms with Gasteiger partial charge in [-0.1, -0.05) is 12.1 Å². The Morgan fingerprint density at radius 3 is 2.36 bits per heavy atom. The van der Waals surface area contributed by atoms with E-state index in [2.05, 4.69) is 17.4 Å². The predicted molar refractivity (Wildman–Crippen MR) is 107 cm³/mol. The number of nitrogens with one attached hydrogen (secondary N) is 1. The van der Waals surface area contributed by atoms with Crippen molar-refractivity contribution in [3.63, 3.8) is 0 Å². The molecule has 6 rings (SSSR count). The van der Waals surface area contributed by atoms with Crippen molar-refractivity contribution in [2.24, 2.45) is 17.3 Å². The van der Waals surface area contributed by atoms with E-state index >= 15 is 0 Å². The summed E-state index contributed by atoms with van der Waals surface area (Å²) in [5.74, 6) is 2.48. The first kappa shape index (κ1) is 18.5. The lowest BCUT2D eigenvalue weighted by molar-refractivity contribution is -0.149. The number of sulfone groups is 1. The molecule has 4 aliphatic carbocycles. The van der Waals surface area contributed by atoms with Crippen molar-refractivity contribution in [1.82, 2.24) is 5.32 Å². The molecule has 1 N–H and O–H groups in total. The Balaban J connectivity index is 1.42. The number of amides is 1. The zero-order valence-corrected chi connectivity index (χ0v) is 17.3. The summed E-state index contributed by atoms with van der Waals surface area (Å²) in [6, 6.07) is 8.22. The Hall–Kier alpha value is -1.56. The van der Waals surface area contributed by atoms with E-state index in [9.17, 15) is 13.2 Å². The monoisotopic (exact) mass is 403 g/mol. The number of hydrogen-bond donors (Lipinski definition) is 1. The number of benzene rings is 1. The molecular formula is C22H29NO4S. The molecule has 1 amide bonds. The van der Waals surface area contributed by atoms with Crippen LogP contribution in [0.1, 0.15) is 50.5 Å². The fourth-order valence-corrected chi connectivity index (χ4v) is 8.73. The van der Waals surface area contributed by atoms with E-state index in [0.717, 1.165) is 25.0 Å². The maximum atomic E-state index is 13.4. The van der Waals surface area contributed by atoms with Gasteiger partial charge in [0, 0.05) is 6.04 Å². The minimum Gasteiger partial charge on any atom is -0.497 e. The fraction of sp³-hybridized carbons (Fsp3) is 0.682. The maximum absolute atomic E-state index is 13.4. The van der Waals surface area contributed by atoms with Gasteiger partial charge in [0.1, 0.15) is 5.75 Å². The number of carbonyl (C=O) groups is 1. The average molecular weight is 404 g/mol. The molecule has 152 valence electrons. The molecule has 1 saturated heterocycles. The van der Waals surface area contributed by atoms with Gasteiger partial charge in [-0.25, -0.2) is 8.42 Å². The highest BCUT2D eigenvalue weighted by atomic mass is 32.2. The molecule has 4 saturated carbocycles. The first-order valence-corrected chi connectivity index (χ1v) is 12.3. The summed E-state index contributed by atoms with van der Waals surface area (Å²) in [5.41, 5.74) is 1.09. The second kappa shape index (κ2) is 6.22. The minimum atomic E-state index is -2.99. The van der Waals surface area contributed by atoms with Crippen molar-refractivity contribution in [2.45, 2.75) is 56.4 Å². The summed E-state index contributed by atoms with van der Waals surface area (Å²) in [7, 11) is -1.30. The average Bonchev–Trinajstić information content (AvgIpc) is 2.99. The van der Waals surface area contributed by atoms with Gasteiger partial charge in [-0.15, -0.1) is 0 Å². The lowest BCUT2D eigenvalue weighted by Gasteiger charge is -2.61. The summed E-state index contributed by atoms with van der Waals surface area (Å²) >= 11 is 0. The minimum absolute atomic E-state index is 0.0788. The molecule has 28 heavy (non-hydrogen) atoms. The molecule has 1 heterocycles. The van der Waals surface area contributed by atoms with Crippen LogP contribution in [0.5, 0.6) is 5.75 Å². The fourth-order valence-electron chi connectivity index (χ4n) is 7.06. The third kappa shape index (κ3) is 2.95. The van der Waals surface area contributed by atoms with Crippen molar-refractivity contribution in [3.8, 4) is 5.75 Å². The Labute approximate surface area is 167 Å². The lowest BCUT2D eigenvalue weighted by atomic mass is 9.42. The number of methoxy groups -OCH3 is 1. The number of rotatable bonds is 4. The molecule has 6 heteroatoms. The zero-order chi connectivity index (χ0) is 19.6. The van der Waals surface area contributed by atoms with Crippen LogP contribution >= 0.6 is 0 Å². The summed E-state index contributed by atoms with van der Waals surface area (Å²) in [4.78, 5) is 13.4. The van der Waals surface area contributed by atoms with E-state index in [-0.39, 0.29) is 34.3 Å². The predicted octanol–water partition coefficient (Wildman–Crippen LogP) is 2.84. The molecule has 0 radical (unpaired) electrons. The molecule has 0 aromatic heterocycles. The van der Waals surface area contributed by atoms with E-state index < -0.39 is 9.84 Å². The van der Waals surface area contributed by atoms with Gasteiger partial charge >= 0.3 is 0 Å². The van der Waals surface area contributed by atoms with Gasteiger partial charge in [0.25, 0.3) is 0 Å². The van der Waals surface area contributed by atoms with Crippen LogP contribution in [0, 0.1) is 17.3 Å². The van der Waals surface area contributed by atoms with Gasteiger partial charge in [-0.05, 0) is 79.9 Å². The van der Waals surface area contributed by atoms with Crippen LogP contribution in [0.3, 0.4) is 0 Å². The summed E-state index contributed by atoms with van der Waals surface area (Å²) in [6.45, 7) is 0. The van der Waals surface area contributed by atoms with Crippen LogP contribution in [-0.4, -0.2) is 39.0 Å². The molecule has 4 bridgehead atoms. The SMILES string of the molecule is COc1ccc(C23C[C@@H]4C[C@@H](CC(C(=O)N[C@@H]5CCS(=O)(=O)C5)(C4)C2)C3)cc1.